The quantitative estimate of drug-likeness (QED) is 0.810. The van der Waals surface area contributed by atoms with Crippen molar-refractivity contribution >= 4 is 5.97 Å². The number of aromatic carboxylic acids is 1. The van der Waals surface area contributed by atoms with Crippen molar-refractivity contribution in [2.75, 3.05) is 13.3 Å². The number of halogens is 2. The van der Waals surface area contributed by atoms with E-state index in [-0.39, 0.29) is 17.9 Å². The molecular formula is C9H8F2O3. The smallest absolute Gasteiger partial charge is 0.339 e. The van der Waals surface area contributed by atoms with Crippen LogP contribution in [0.15, 0.2) is 18.2 Å². The van der Waals surface area contributed by atoms with Crippen LogP contribution in [0, 0.1) is 5.82 Å². The molecule has 0 aromatic heterocycles. The minimum Gasteiger partial charge on any atom is -0.490 e. The molecule has 3 nitrogen and oxygen atoms in total. The highest BCUT2D eigenvalue weighted by molar-refractivity contribution is 5.90. The van der Waals surface area contributed by atoms with Gasteiger partial charge >= 0.3 is 5.97 Å². The zero-order chi connectivity index (χ0) is 10.6. The van der Waals surface area contributed by atoms with E-state index in [1.54, 1.807) is 0 Å². The van der Waals surface area contributed by atoms with E-state index in [1.165, 1.54) is 0 Å². The summed E-state index contributed by atoms with van der Waals surface area (Å²) in [4.78, 5) is 10.6. The van der Waals surface area contributed by atoms with Gasteiger partial charge in [0, 0.05) is 0 Å². The normalized spacial score (nSPS) is 9.86. The van der Waals surface area contributed by atoms with Crippen LogP contribution in [0.1, 0.15) is 10.4 Å². The van der Waals surface area contributed by atoms with Crippen LogP contribution in [-0.2, 0) is 0 Å². The van der Waals surface area contributed by atoms with Crippen LogP contribution in [0.4, 0.5) is 8.78 Å². The Bertz CT molecular complexity index is 339. The predicted octanol–water partition coefficient (Wildman–Crippen LogP) is 1.87. The summed E-state index contributed by atoms with van der Waals surface area (Å²) in [7, 11) is 0. The van der Waals surface area contributed by atoms with Gasteiger partial charge in [0.2, 0.25) is 0 Å². The third-order valence-electron chi connectivity index (χ3n) is 1.51. The van der Waals surface area contributed by atoms with E-state index in [0.717, 1.165) is 18.2 Å². The first-order valence-corrected chi connectivity index (χ1v) is 3.86. The van der Waals surface area contributed by atoms with Crippen molar-refractivity contribution in [3.05, 3.63) is 29.6 Å². The molecule has 0 radical (unpaired) electrons. The van der Waals surface area contributed by atoms with Gasteiger partial charge in [-0.05, 0) is 18.2 Å². The molecule has 0 bridgehead atoms. The van der Waals surface area contributed by atoms with E-state index in [9.17, 15) is 13.6 Å². The Balaban J connectivity index is 2.96. The number of alkyl halides is 1. The monoisotopic (exact) mass is 202 g/mol. The molecule has 5 heteroatoms. The molecule has 0 saturated heterocycles. The van der Waals surface area contributed by atoms with Crippen molar-refractivity contribution in [1.29, 1.82) is 0 Å². The molecule has 1 aromatic rings. The average molecular weight is 202 g/mol. The van der Waals surface area contributed by atoms with Gasteiger partial charge < -0.3 is 9.84 Å². The maximum absolute atomic E-state index is 12.6. The van der Waals surface area contributed by atoms with Gasteiger partial charge in [-0.25, -0.2) is 13.6 Å². The molecule has 0 amide bonds. The molecular weight excluding hydrogens is 194 g/mol. The summed E-state index contributed by atoms with van der Waals surface area (Å²) in [6.45, 7) is -0.970. The Hall–Kier alpha value is -1.65. The summed E-state index contributed by atoms with van der Waals surface area (Å²) in [6.07, 6.45) is 0. The third-order valence-corrected chi connectivity index (χ3v) is 1.51. The zero-order valence-electron chi connectivity index (χ0n) is 7.17. The van der Waals surface area contributed by atoms with Gasteiger partial charge in [-0.15, -0.1) is 0 Å². The lowest BCUT2D eigenvalue weighted by molar-refractivity contribution is 0.0691. The van der Waals surface area contributed by atoms with Gasteiger partial charge in [-0.1, -0.05) is 0 Å². The van der Waals surface area contributed by atoms with Crippen molar-refractivity contribution in [3.8, 4) is 5.75 Å². The summed E-state index contributed by atoms with van der Waals surface area (Å²) in [5.74, 6) is -2.01. The van der Waals surface area contributed by atoms with Gasteiger partial charge in [-0.3, -0.25) is 0 Å². The largest absolute Gasteiger partial charge is 0.490 e. The third kappa shape index (κ3) is 2.42. The molecule has 1 N–H and O–H groups in total. The van der Waals surface area contributed by atoms with Crippen LogP contribution in [0.2, 0.25) is 0 Å². The lowest BCUT2D eigenvalue weighted by Gasteiger charge is -2.06. The van der Waals surface area contributed by atoms with Crippen LogP contribution in [0.25, 0.3) is 0 Å². The fraction of sp³-hybridized carbons (Fsp3) is 0.222. The fourth-order valence-corrected chi connectivity index (χ4v) is 0.944. The standard InChI is InChI=1S/C9H8F2O3/c10-3-4-14-8-2-1-6(11)5-7(8)9(12)13/h1-2,5H,3-4H2,(H,12,13). The molecule has 0 fully saturated rings. The van der Waals surface area contributed by atoms with E-state index in [4.69, 9.17) is 9.84 Å². The number of carboxylic acid groups (broad SMARTS) is 1. The van der Waals surface area contributed by atoms with Gasteiger partial charge in [0.05, 0.1) is 0 Å². The van der Waals surface area contributed by atoms with Gasteiger partial charge in [-0.2, -0.15) is 0 Å². The molecule has 0 saturated carbocycles. The first kappa shape index (κ1) is 10.4. The maximum atomic E-state index is 12.6. The second-order valence-electron chi connectivity index (χ2n) is 2.48. The summed E-state index contributed by atoms with van der Waals surface area (Å²) in [6, 6.07) is 3.05. The maximum Gasteiger partial charge on any atom is 0.339 e. The van der Waals surface area contributed by atoms with E-state index in [2.05, 4.69) is 0 Å². The van der Waals surface area contributed by atoms with Gasteiger partial charge in [0.1, 0.15) is 30.4 Å². The van der Waals surface area contributed by atoms with Crippen molar-refractivity contribution in [2.45, 2.75) is 0 Å². The second kappa shape index (κ2) is 4.55. The van der Waals surface area contributed by atoms with Crippen LogP contribution in [-0.4, -0.2) is 24.4 Å². The number of hydrogen-bond donors (Lipinski definition) is 1. The van der Waals surface area contributed by atoms with E-state index < -0.39 is 18.5 Å². The molecule has 0 aliphatic heterocycles. The second-order valence-corrected chi connectivity index (χ2v) is 2.48. The Morgan fingerprint density at radius 3 is 2.79 bits per heavy atom. The van der Waals surface area contributed by atoms with Crippen LogP contribution >= 0.6 is 0 Å². The number of carboxylic acids is 1. The van der Waals surface area contributed by atoms with Crippen LogP contribution in [0.5, 0.6) is 5.75 Å². The molecule has 0 aliphatic rings. The van der Waals surface area contributed by atoms with Gasteiger partial charge in [0.15, 0.2) is 0 Å². The minimum atomic E-state index is -1.31. The molecule has 76 valence electrons. The highest BCUT2D eigenvalue weighted by atomic mass is 19.1. The molecule has 0 aliphatic carbocycles. The highest BCUT2D eigenvalue weighted by Gasteiger charge is 2.12. The number of carbonyl (C=O) groups is 1. The molecule has 0 atom stereocenters. The fourth-order valence-electron chi connectivity index (χ4n) is 0.944. The SMILES string of the molecule is O=C(O)c1cc(F)ccc1OCCF. The van der Waals surface area contributed by atoms with Crippen molar-refractivity contribution < 1.29 is 23.4 Å². The first-order valence-electron chi connectivity index (χ1n) is 3.86. The first-order chi connectivity index (χ1) is 6.65. The Morgan fingerprint density at radius 1 is 1.50 bits per heavy atom. The Labute approximate surface area is 78.9 Å². The summed E-state index contributed by atoms with van der Waals surface area (Å²) in [5.41, 5.74) is -0.307. The topological polar surface area (TPSA) is 46.5 Å². The Morgan fingerprint density at radius 2 is 2.21 bits per heavy atom. The van der Waals surface area contributed by atoms with Crippen molar-refractivity contribution in [2.24, 2.45) is 0 Å². The Kier molecular flexibility index (Phi) is 3.39. The molecule has 1 rings (SSSR count). The summed E-state index contributed by atoms with van der Waals surface area (Å²) >= 11 is 0. The summed E-state index contributed by atoms with van der Waals surface area (Å²) in [5, 5.41) is 8.65. The minimum absolute atomic E-state index is 0.0310. The van der Waals surface area contributed by atoms with E-state index >= 15 is 0 Å². The summed E-state index contributed by atoms with van der Waals surface area (Å²) < 4.78 is 29.2. The molecule has 0 heterocycles. The lowest BCUT2D eigenvalue weighted by Crippen LogP contribution is -2.05. The average Bonchev–Trinajstić information content (AvgIpc) is 2.15. The van der Waals surface area contributed by atoms with Crippen molar-refractivity contribution in [1.82, 2.24) is 0 Å². The van der Waals surface area contributed by atoms with Crippen LogP contribution < -0.4 is 4.74 Å². The van der Waals surface area contributed by atoms with Gasteiger partial charge in [0.25, 0.3) is 0 Å². The number of rotatable bonds is 4. The van der Waals surface area contributed by atoms with Crippen LogP contribution in [0.3, 0.4) is 0 Å². The number of ether oxygens (including phenoxy) is 1. The van der Waals surface area contributed by atoms with E-state index in [1.807, 2.05) is 0 Å². The zero-order valence-corrected chi connectivity index (χ0v) is 7.17. The lowest BCUT2D eigenvalue weighted by atomic mass is 10.2. The molecule has 0 unspecified atom stereocenters. The molecule has 0 spiro atoms. The molecule has 14 heavy (non-hydrogen) atoms. The number of hydrogen-bond acceptors (Lipinski definition) is 2. The van der Waals surface area contributed by atoms with E-state index in [0.29, 0.717) is 0 Å². The highest BCUT2D eigenvalue weighted by Crippen LogP contribution is 2.19. The number of benzene rings is 1. The van der Waals surface area contributed by atoms with Crippen molar-refractivity contribution in [3.63, 3.8) is 0 Å². The predicted molar refractivity (Wildman–Crippen MR) is 44.8 cm³/mol. The molecule has 1 aromatic carbocycles.